The number of hydrogen-bond acceptors (Lipinski definition) is 6. The second kappa shape index (κ2) is 6.54. The van der Waals surface area contributed by atoms with Crippen molar-refractivity contribution in [3.8, 4) is 6.07 Å². The molecule has 1 amide bonds. The molecule has 1 aliphatic carbocycles. The van der Waals surface area contributed by atoms with E-state index in [-0.39, 0.29) is 11.7 Å². The zero-order valence-electron chi connectivity index (χ0n) is 10.5. The van der Waals surface area contributed by atoms with Crippen molar-refractivity contribution in [2.75, 3.05) is 12.3 Å². The number of amides is 1. The van der Waals surface area contributed by atoms with Gasteiger partial charge in [0, 0.05) is 12.6 Å². The average molecular weight is 280 g/mol. The third kappa shape index (κ3) is 3.68. The summed E-state index contributed by atoms with van der Waals surface area (Å²) >= 11 is 1.36. The van der Waals surface area contributed by atoms with Crippen molar-refractivity contribution in [2.24, 2.45) is 5.73 Å². The van der Waals surface area contributed by atoms with Crippen LogP contribution in [0.25, 0.3) is 0 Å². The molecule has 3 N–H and O–H groups in total. The highest BCUT2D eigenvalue weighted by Gasteiger charge is 2.29. The molecule has 0 spiro atoms. The lowest BCUT2D eigenvalue weighted by Gasteiger charge is -2.07. The molecule has 0 unspecified atom stereocenters. The Morgan fingerprint density at radius 1 is 1.58 bits per heavy atom. The summed E-state index contributed by atoms with van der Waals surface area (Å²) in [5, 5.41) is 19.9. The molecule has 0 saturated heterocycles. The lowest BCUT2D eigenvalue weighted by atomic mass is 10.4. The number of nitriles is 1. The second-order valence-electron chi connectivity index (χ2n) is 4.25. The molecule has 7 nitrogen and oxygen atoms in total. The second-order valence-corrected chi connectivity index (χ2v) is 5.19. The topological polar surface area (TPSA) is 110 Å². The van der Waals surface area contributed by atoms with E-state index in [0.29, 0.717) is 25.6 Å². The highest BCUT2D eigenvalue weighted by Crippen LogP contribution is 2.38. The van der Waals surface area contributed by atoms with Gasteiger partial charge in [-0.3, -0.25) is 4.79 Å². The summed E-state index contributed by atoms with van der Waals surface area (Å²) < 4.78 is 2.03. The van der Waals surface area contributed by atoms with Crippen LogP contribution in [0.4, 0.5) is 0 Å². The molecule has 0 atom stereocenters. The summed E-state index contributed by atoms with van der Waals surface area (Å²) in [6, 6.07) is 2.42. The van der Waals surface area contributed by atoms with Crippen LogP contribution < -0.4 is 11.1 Å². The quantitative estimate of drug-likeness (QED) is 0.545. The first-order chi connectivity index (χ1) is 9.26. The van der Waals surface area contributed by atoms with Gasteiger partial charge in [-0.2, -0.15) is 5.26 Å². The Labute approximate surface area is 115 Å². The molecular weight excluding hydrogens is 264 g/mol. The molecule has 1 aliphatic rings. The largest absolute Gasteiger partial charge is 0.354 e. The molecule has 0 radical (unpaired) electrons. The SMILES string of the molecule is N#CCCNC(=O)CSc1nnc(CN)n1C1CC1. The van der Waals surface area contributed by atoms with Gasteiger partial charge in [-0.15, -0.1) is 10.2 Å². The fraction of sp³-hybridized carbons (Fsp3) is 0.636. The van der Waals surface area contributed by atoms with Gasteiger partial charge >= 0.3 is 0 Å². The van der Waals surface area contributed by atoms with E-state index in [2.05, 4.69) is 15.5 Å². The molecule has 0 aliphatic heterocycles. The summed E-state index contributed by atoms with van der Waals surface area (Å²) in [4.78, 5) is 11.5. The van der Waals surface area contributed by atoms with Crippen LogP contribution in [-0.4, -0.2) is 33.0 Å². The maximum absolute atomic E-state index is 11.5. The summed E-state index contributed by atoms with van der Waals surface area (Å²) in [7, 11) is 0. The zero-order chi connectivity index (χ0) is 13.7. The van der Waals surface area contributed by atoms with Crippen molar-refractivity contribution < 1.29 is 4.79 Å². The Morgan fingerprint density at radius 2 is 2.37 bits per heavy atom. The highest BCUT2D eigenvalue weighted by molar-refractivity contribution is 7.99. The standard InChI is InChI=1S/C11H16N6OS/c12-4-1-5-14-10(18)7-19-11-16-15-9(6-13)17(11)8-2-3-8/h8H,1-3,5-7,13H2,(H,14,18). The Morgan fingerprint density at radius 3 is 3.00 bits per heavy atom. The predicted molar refractivity (Wildman–Crippen MR) is 70.1 cm³/mol. The zero-order valence-corrected chi connectivity index (χ0v) is 11.3. The maximum Gasteiger partial charge on any atom is 0.230 e. The summed E-state index contributed by atoms with van der Waals surface area (Å²) in [5.41, 5.74) is 5.62. The molecule has 1 heterocycles. The van der Waals surface area contributed by atoms with E-state index in [4.69, 9.17) is 11.0 Å². The number of aromatic nitrogens is 3. The number of rotatable bonds is 7. The van der Waals surface area contributed by atoms with Crippen molar-refractivity contribution in [3.05, 3.63) is 5.82 Å². The number of thioether (sulfide) groups is 1. The van der Waals surface area contributed by atoms with E-state index in [1.165, 1.54) is 11.8 Å². The fourth-order valence-electron chi connectivity index (χ4n) is 1.68. The molecule has 0 bridgehead atoms. The average Bonchev–Trinajstić information content (AvgIpc) is 3.17. The van der Waals surface area contributed by atoms with E-state index in [1.807, 2.05) is 10.6 Å². The summed E-state index contributed by atoms with van der Waals surface area (Å²) in [5.74, 6) is 0.954. The van der Waals surface area contributed by atoms with Crippen LogP contribution in [0.5, 0.6) is 0 Å². The first-order valence-electron chi connectivity index (χ1n) is 6.16. The number of carbonyl (C=O) groups is 1. The molecule has 0 aromatic carbocycles. The minimum Gasteiger partial charge on any atom is -0.354 e. The number of nitrogens with one attached hydrogen (secondary N) is 1. The van der Waals surface area contributed by atoms with Crippen molar-refractivity contribution in [1.82, 2.24) is 20.1 Å². The van der Waals surface area contributed by atoms with Crippen molar-refractivity contribution in [3.63, 3.8) is 0 Å². The van der Waals surface area contributed by atoms with Crippen LogP contribution >= 0.6 is 11.8 Å². The molecule has 19 heavy (non-hydrogen) atoms. The fourth-order valence-corrected chi connectivity index (χ4v) is 2.54. The van der Waals surface area contributed by atoms with Gasteiger partial charge in [0.1, 0.15) is 5.82 Å². The number of nitrogens with zero attached hydrogens (tertiary/aromatic N) is 4. The van der Waals surface area contributed by atoms with Gasteiger partial charge in [-0.05, 0) is 12.8 Å². The van der Waals surface area contributed by atoms with Crippen LogP contribution in [0.3, 0.4) is 0 Å². The summed E-state index contributed by atoms with van der Waals surface area (Å²) in [6.45, 7) is 0.748. The van der Waals surface area contributed by atoms with E-state index < -0.39 is 0 Å². The van der Waals surface area contributed by atoms with E-state index in [0.717, 1.165) is 23.8 Å². The molecule has 102 valence electrons. The lowest BCUT2D eigenvalue weighted by Crippen LogP contribution is -2.26. The van der Waals surface area contributed by atoms with E-state index in [1.54, 1.807) is 0 Å². The minimum absolute atomic E-state index is 0.0973. The number of hydrogen-bond donors (Lipinski definition) is 2. The normalized spacial score (nSPS) is 14.1. The molecule has 1 aromatic rings. The lowest BCUT2D eigenvalue weighted by molar-refractivity contribution is -0.118. The first kappa shape index (κ1) is 13.8. The smallest absolute Gasteiger partial charge is 0.230 e. The van der Waals surface area contributed by atoms with E-state index >= 15 is 0 Å². The molecule has 1 fully saturated rings. The Bertz CT molecular complexity index is 490. The van der Waals surface area contributed by atoms with Crippen LogP contribution in [0, 0.1) is 11.3 Å². The van der Waals surface area contributed by atoms with Gasteiger partial charge in [-0.25, -0.2) is 0 Å². The Hall–Kier alpha value is -1.59. The first-order valence-corrected chi connectivity index (χ1v) is 7.15. The molecule has 1 aromatic heterocycles. The van der Waals surface area contributed by atoms with Crippen LogP contribution in [0.15, 0.2) is 5.16 Å². The minimum atomic E-state index is -0.0973. The van der Waals surface area contributed by atoms with Crippen molar-refractivity contribution in [2.45, 2.75) is 37.0 Å². The third-order valence-corrected chi connectivity index (χ3v) is 3.66. The Kier molecular flexibility index (Phi) is 4.76. The predicted octanol–water partition coefficient (Wildman–Crippen LogP) is 0.194. The monoisotopic (exact) mass is 280 g/mol. The molecule has 2 rings (SSSR count). The van der Waals surface area contributed by atoms with Gasteiger partial charge < -0.3 is 15.6 Å². The number of carbonyl (C=O) groups excluding carboxylic acids is 1. The van der Waals surface area contributed by atoms with Gasteiger partial charge in [-0.1, -0.05) is 11.8 Å². The number of nitrogens with two attached hydrogens (primary N) is 1. The van der Waals surface area contributed by atoms with Gasteiger partial charge in [0.2, 0.25) is 5.91 Å². The van der Waals surface area contributed by atoms with Crippen LogP contribution in [-0.2, 0) is 11.3 Å². The van der Waals surface area contributed by atoms with E-state index in [9.17, 15) is 4.79 Å². The maximum atomic E-state index is 11.5. The van der Waals surface area contributed by atoms with Crippen molar-refractivity contribution >= 4 is 17.7 Å². The van der Waals surface area contributed by atoms with Crippen LogP contribution in [0.2, 0.25) is 0 Å². The van der Waals surface area contributed by atoms with Crippen LogP contribution in [0.1, 0.15) is 31.1 Å². The van der Waals surface area contributed by atoms with Gasteiger partial charge in [0.15, 0.2) is 5.16 Å². The third-order valence-electron chi connectivity index (χ3n) is 2.72. The van der Waals surface area contributed by atoms with Gasteiger partial charge in [0.05, 0.1) is 24.8 Å². The van der Waals surface area contributed by atoms with Crippen molar-refractivity contribution in [1.29, 1.82) is 5.26 Å². The molecule has 8 heteroatoms. The molecular formula is C11H16N6OS. The van der Waals surface area contributed by atoms with Gasteiger partial charge in [0.25, 0.3) is 0 Å². The summed E-state index contributed by atoms with van der Waals surface area (Å²) in [6.07, 6.45) is 2.56. The molecule has 1 saturated carbocycles. The Balaban J connectivity index is 1.87. The highest BCUT2D eigenvalue weighted by atomic mass is 32.2.